The minimum Gasteiger partial charge on any atom is -0.310 e. The van der Waals surface area contributed by atoms with E-state index >= 15 is 0 Å². The number of rotatable bonds is 7. The van der Waals surface area contributed by atoms with Crippen molar-refractivity contribution in [3.8, 4) is 44.8 Å². The van der Waals surface area contributed by atoms with E-state index < -0.39 is 0 Å². The molecule has 0 bridgehead atoms. The van der Waals surface area contributed by atoms with Gasteiger partial charge >= 0.3 is 0 Å². The van der Waals surface area contributed by atoms with Gasteiger partial charge in [0.15, 0.2) is 0 Å². The molecule has 0 aliphatic heterocycles. The van der Waals surface area contributed by atoms with Crippen molar-refractivity contribution < 1.29 is 0 Å². The van der Waals surface area contributed by atoms with Crippen LogP contribution in [-0.4, -0.2) is 9.97 Å². The standard InChI is InChI=1S/C48H33N3/c1-6-16-34(17-7-1)39-30-40(35-18-8-2-9-19-35)32-43(31-39)51(41-24-14-5-15-25-41)42-28-26-36-27-29-45-48(44(36)33-42)50-47(38-22-12-4-13-23-38)46(49-45)37-20-10-3-11-21-37/h1-33H. The first-order valence-corrected chi connectivity index (χ1v) is 17.2. The van der Waals surface area contributed by atoms with Crippen molar-refractivity contribution in [2.75, 3.05) is 4.90 Å². The number of hydrogen-bond donors (Lipinski definition) is 0. The van der Waals surface area contributed by atoms with Crippen LogP contribution in [0.1, 0.15) is 0 Å². The van der Waals surface area contributed by atoms with Crippen LogP contribution in [0.5, 0.6) is 0 Å². The van der Waals surface area contributed by atoms with Crippen LogP contribution in [-0.2, 0) is 0 Å². The molecule has 3 heteroatoms. The molecule has 240 valence electrons. The highest BCUT2D eigenvalue weighted by Crippen LogP contribution is 2.41. The van der Waals surface area contributed by atoms with Gasteiger partial charge in [0.25, 0.3) is 0 Å². The lowest BCUT2D eigenvalue weighted by molar-refractivity contribution is 1.28. The summed E-state index contributed by atoms with van der Waals surface area (Å²) in [5.74, 6) is 0. The van der Waals surface area contributed by atoms with Crippen LogP contribution < -0.4 is 4.90 Å². The second kappa shape index (κ2) is 13.2. The van der Waals surface area contributed by atoms with E-state index in [1.54, 1.807) is 0 Å². The number of nitrogens with zero attached hydrogens (tertiary/aromatic N) is 3. The third-order valence-corrected chi connectivity index (χ3v) is 9.39. The average Bonchev–Trinajstić information content (AvgIpc) is 3.22. The van der Waals surface area contributed by atoms with Crippen molar-refractivity contribution >= 4 is 38.9 Å². The van der Waals surface area contributed by atoms with Crippen LogP contribution in [0.15, 0.2) is 200 Å². The second-order valence-corrected chi connectivity index (χ2v) is 12.7. The predicted octanol–water partition coefficient (Wildman–Crippen LogP) is 12.9. The third-order valence-electron chi connectivity index (χ3n) is 9.39. The smallest absolute Gasteiger partial charge is 0.0973 e. The van der Waals surface area contributed by atoms with Gasteiger partial charge in [-0.05, 0) is 76.2 Å². The van der Waals surface area contributed by atoms with Gasteiger partial charge in [-0.15, -0.1) is 0 Å². The zero-order valence-electron chi connectivity index (χ0n) is 27.9. The van der Waals surface area contributed by atoms with Crippen LogP contribution in [0.2, 0.25) is 0 Å². The SMILES string of the molecule is c1ccc(-c2cc(-c3ccccc3)cc(N(c3ccccc3)c3ccc4ccc5nc(-c6ccccc6)c(-c6ccccc6)nc5c4c3)c2)cc1. The van der Waals surface area contributed by atoms with Crippen LogP contribution in [0.3, 0.4) is 0 Å². The van der Waals surface area contributed by atoms with Crippen molar-refractivity contribution in [3.05, 3.63) is 200 Å². The highest BCUT2D eigenvalue weighted by molar-refractivity contribution is 6.07. The summed E-state index contributed by atoms with van der Waals surface area (Å²) in [5, 5.41) is 2.17. The van der Waals surface area contributed by atoms with Gasteiger partial charge in [-0.3, -0.25) is 0 Å². The first kappa shape index (κ1) is 30.2. The summed E-state index contributed by atoms with van der Waals surface area (Å²) in [4.78, 5) is 13.0. The molecule has 0 N–H and O–H groups in total. The number of aromatic nitrogens is 2. The molecular weight excluding hydrogens is 619 g/mol. The van der Waals surface area contributed by atoms with Gasteiger partial charge in [-0.25, -0.2) is 9.97 Å². The molecule has 0 radical (unpaired) electrons. The van der Waals surface area contributed by atoms with Crippen molar-refractivity contribution in [1.82, 2.24) is 9.97 Å². The Kier molecular flexibility index (Phi) is 7.84. The topological polar surface area (TPSA) is 29.0 Å². The van der Waals surface area contributed by atoms with Crippen LogP contribution in [0.4, 0.5) is 17.1 Å². The molecule has 0 saturated heterocycles. The molecule has 1 aromatic heterocycles. The first-order valence-electron chi connectivity index (χ1n) is 17.2. The van der Waals surface area contributed by atoms with E-state index in [1.165, 1.54) is 11.1 Å². The quantitative estimate of drug-likeness (QED) is 0.161. The Morgan fingerprint density at radius 3 is 1.33 bits per heavy atom. The molecule has 0 fully saturated rings. The van der Waals surface area contributed by atoms with Crippen LogP contribution >= 0.6 is 0 Å². The maximum absolute atomic E-state index is 5.42. The fourth-order valence-electron chi connectivity index (χ4n) is 6.92. The van der Waals surface area contributed by atoms with E-state index in [4.69, 9.17) is 9.97 Å². The fraction of sp³-hybridized carbons (Fsp3) is 0. The lowest BCUT2D eigenvalue weighted by atomic mass is 9.97. The Morgan fingerprint density at radius 1 is 0.314 bits per heavy atom. The second-order valence-electron chi connectivity index (χ2n) is 12.7. The highest BCUT2D eigenvalue weighted by Gasteiger charge is 2.19. The number of fused-ring (bicyclic) bond motifs is 3. The molecule has 0 spiro atoms. The molecular formula is C48H33N3. The Labute approximate surface area is 297 Å². The van der Waals surface area contributed by atoms with Crippen molar-refractivity contribution in [3.63, 3.8) is 0 Å². The molecule has 0 aliphatic rings. The molecule has 0 atom stereocenters. The normalized spacial score (nSPS) is 11.1. The van der Waals surface area contributed by atoms with E-state index in [-0.39, 0.29) is 0 Å². The summed E-state index contributed by atoms with van der Waals surface area (Å²) in [6.45, 7) is 0. The van der Waals surface area contributed by atoms with Gasteiger partial charge in [0.05, 0.1) is 22.4 Å². The maximum Gasteiger partial charge on any atom is 0.0973 e. The van der Waals surface area contributed by atoms with Crippen LogP contribution in [0.25, 0.3) is 66.6 Å². The number of benzene rings is 8. The lowest BCUT2D eigenvalue weighted by Crippen LogP contribution is -2.10. The largest absolute Gasteiger partial charge is 0.310 e. The summed E-state index contributed by atoms with van der Waals surface area (Å²) in [6, 6.07) is 70.4. The molecule has 0 saturated carbocycles. The van der Waals surface area contributed by atoms with E-state index in [9.17, 15) is 0 Å². The molecule has 1 heterocycles. The lowest BCUT2D eigenvalue weighted by Gasteiger charge is -2.27. The zero-order chi connectivity index (χ0) is 34.0. The van der Waals surface area contributed by atoms with Crippen molar-refractivity contribution in [2.24, 2.45) is 0 Å². The third kappa shape index (κ3) is 5.92. The van der Waals surface area contributed by atoms with Gasteiger partial charge in [0, 0.05) is 33.6 Å². The number of para-hydroxylation sites is 1. The highest BCUT2D eigenvalue weighted by atomic mass is 15.1. The van der Waals surface area contributed by atoms with Gasteiger partial charge in [-0.1, -0.05) is 152 Å². The van der Waals surface area contributed by atoms with Crippen molar-refractivity contribution in [2.45, 2.75) is 0 Å². The zero-order valence-corrected chi connectivity index (χ0v) is 27.9. The van der Waals surface area contributed by atoms with E-state index in [2.05, 4.69) is 193 Å². The summed E-state index contributed by atoms with van der Waals surface area (Å²) in [7, 11) is 0. The summed E-state index contributed by atoms with van der Waals surface area (Å²) >= 11 is 0. The Balaban J connectivity index is 1.28. The Morgan fingerprint density at radius 2 is 0.784 bits per heavy atom. The predicted molar refractivity (Wildman–Crippen MR) is 213 cm³/mol. The fourth-order valence-corrected chi connectivity index (χ4v) is 6.92. The molecule has 0 aliphatic carbocycles. The maximum atomic E-state index is 5.42. The first-order chi connectivity index (χ1) is 25.3. The summed E-state index contributed by atoms with van der Waals surface area (Å²) in [6.07, 6.45) is 0. The molecule has 0 amide bonds. The van der Waals surface area contributed by atoms with Gasteiger partial charge in [0.2, 0.25) is 0 Å². The van der Waals surface area contributed by atoms with Crippen molar-refractivity contribution in [1.29, 1.82) is 0 Å². The van der Waals surface area contributed by atoms with E-state index in [0.717, 1.165) is 72.5 Å². The monoisotopic (exact) mass is 651 g/mol. The average molecular weight is 652 g/mol. The minimum absolute atomic E-state index is 0.863. The van der Waals surface area contributed by atoms with Crippen LogP contribution in [0, 0.1) is 0 Å². The molecule has 8 aromatic carbocycles. The van der Waals surface area contributed by atoms with E-state index in [1.807, 2.05) is 12.1 Å². The Bertz CT molecular complexity index is 2550. The molecule has 9 aromatic rings. The number of anilines is 3. The minimum atomic E-state index is 0.863. The molecule has 51 heavy (non-hydrogen) atoms. The van der Waals surface area contributed by atoms with Gasteiger partial charge in [-0.2, -0.15) is 0 Å². The van der Waals surface area contributed by atoms with Gasteiger partial charge in [0.1, 0.15) is 0 Å². The Hall–Kier alpha value is -6.84. The van der Waals surface area contributed by atoms with E-state index in [0.29, 0.717) is 0 Å². The molecule has 0 unspecified atom stereocenters. The molecule has 9 rings (SSSR count). The summed E-state index contributed by atoms with van der Waals surface area (Å²) < 4.78 is 0. The number of hydrogen-bond acceptors (Lipinski definition) is 3. The molecule has 3 nitrogen and oxygen atoms in total. The van der Waals surface area contributed by atoms with Gasteiger partial charge < -0.3 is 4.90 Å². The summed E-state index contributed by atoms with van der Waals surface area (Å²) in [5.41, 5.74) is 13.4.